The molecule has 2 heterocycles. The molecule has 4 rings (SSSR count). The van der Waals surface area contributed by atoms with E-state index in [-0.39, 0.29) is 22.2 Å². The molecule has 3 N–H and O–H groups in total. The van der Waals surface area contributed by atoms with E-state index in [1.54, 1.807) is 6.92 Å². The van der Waals surface area contributed by atoms with Gasteiger partial charge in [-0.05, 0) is 31.2 Å². The number of halogens is 1. The monoisotopic (exact) mass is 427 g/mol. The highest BCUT2D eigenvalue weighted by molar-refractivity contribution is 8.00. The maximum absolute atomic E-state index is 12.5. The molecule has 29 heavy (non-hydrogen) atoms. The summed E-state index contributed by atoms with van der Waals surface area (Å²) in [7, 11) is 0. The topological polar surface area (TPSA) is 121 Å². The normalized spacial score (nSPS) is 12.2. The highest BCUT2D eigenvalue weighted by atomic mass is 35.5. The van der Waals surface area contributed by atoms with Crippen LogP contribution in [-0.4, -0.2) is 42.4 Å². The van der Waals surface area contributed by atoms with Gasteiger partial charge in [0.15, 0.2) is 5.65 Å². The molecule has 0 saturated heterocycles. The summed E-state index contributed by atoms with van der Waals surface area (Å²) in [6.45, 7) is 1.69. The number of carboxylic acid groups (broad SMARTS) is 1. The molecule has 0 saturated carbocycles. The SMILES string of the molecule is CC(Sc1nnc2c(n1)[nH]c1ccccc12)C(=O)Nc1cc(C(=O)O)ccc1Cl. The number of thioether (sulfide) groups is 1. The van der Waals surface area contributed by atoms with Crippen LogP contribution in [-0.2, 0) is 4.79 Å². The lowest BCUT2D eigenvalue weighted by atomic mass is 10.2. The van der Waals surface area contributed by atoms with Gasteiger partial charge in [-0.2, -0.15) is 0 Å². The van der Waals surface area contributed by atoms with E-state index in [0.29, 0.717) is 16.3 Å². The molecule has 0 radical (unpaired) electrons. The molecule has 10 heteroatoms. The zero-order valence-electron chi connectivity index (χ0n) is 15.0. The Kier molecular flexibility index (Phi) is 5.08. The maximum atomic E-state index is 12.5. The minimum Gasteiger partial charge on any atom is -0.478 e. The number of anilines is 1. The number of para-hydroxylation sites is 1. The molecule has 146 valence electrons. The van der Waals surface area contributed by atoms with E-state index in [1.165, 1.54) is 18.2 Å². The summed E-state index contributed by atoms with van der Waals surface area (Å²) in [4.78, 5) is 31.3. The van der Waals surface area contributed by atoms with Crippen molar-refractivity contribution >= 4 is 63.0 Å². The van der Waals surface area contributed by atoms with Crippen LogP contribution >= 0.6 is 23.4 Å². The van der Waals surface area contributed by atoms with Gasteiger partial charge in [-0.15, -0.1) is 10.2 Å². The molecule has 0 fully saturated rings. The highest BCUT2D eigenvalue weighted by Gasteiger charge is 2.19. The number of fused-ring (bicyclic) bond motifs is 3. The van der Waals surface area contributed by atoms with Gasteiger partial charge in [0.2, 0.25) is 11.1 Å². The van der Waals surface area contributed by atoms with Crippen LogP contribution in [0.5, 0.6) is 0 Å². The van der Waals surface area contributed by atoms with Gasteiger partial charge in [0.1, 0.15) is 5.52 Å². The fraction of sp³-hybridized carbons (Fsp3) is 0.105. The number of hydrogen-bond donors (Lipinski definition) is 3. The molecule has 0 aliphatic heterocycles. The van der Waals surface area contributed by atoms with Crippen molar-refractivity contribution in [2.45, 2.75) is 17.3 Å². The number of nitrogens with zero attached hydrogens (tertiary/aromatic N) is 3. The largest absolute Gasteiger partial charge is 0.478 e. The summed E-state index contributed by atoms with van der Waals surface area (Å²) in [5, 5.41) is 21.0. The minimum atomic E-state index is -1.11. The molecule has 2 aromatic carbocycles. The lowest BCUT2D eigenvalue weighted by molar-refractivity contribution is -0.115. The molecule has 2 aromatic heterocycles. The Morgan fingerprint density at radius 3 is 2.79 bits per heavy atom. The Bertz CT molecular complexity index is 1260. The fourth-order valence-corrected chi connectivity index (χ4v) is 3.63. The van der Waals surface area contributed by atoms with Gasteiger partial charge in [-0.3, -0.25) is 4.79 Å². The molecular formula is C19H14ClN5O3S. The number of carbonyl (C=O) groups is 2. The van der Waals surface area contributed by atoms with Crippen molar-refractivity contribution in [2.75, 3.05) is 5.32 Å². The second-order valence-electron chi connectivity index (χ2n) is 6.21. The van der Waals surface area contributed by atoms with Crippen LogP contribution in [0.3, 0.4) is 0 Å². The third kappa shape index (κ3) is 3.87. The molecule has 1 amide bonds. The van der Waals surface area contributed by atoms with Crippen LogP contribution in [0, 0.1) is 0 Å². The predicted molar refractivity (Wildman–Crippen MR) is 112 cm³/mol. The van der Waals surface area contributed by atoms with E-state index in [0.717, 1.165) is 22.7 Å². The number of amides is 1. The Morgan fingerprint density at radius 1 is 1.21 bits per heavy atom. The second kappa shape index (κ2) is 7.69. The zero-order chi connectivity index (χ0) is 20.5. The van der Waals surface area contributed by atoms with Crippen molar-refractivity contribution in [3.63, 3.8) is 0 Å². The number of aromatic nitrogens is 4. The van der Waals surface area contributed by atoms with Crippen LogP contribution in [0.25, 0.3) is 22.1 Å². The molecule has 0 spiro atoms. The second-order valence-corrected chi connectivity index (χ2v) is 7.93. The van der Waals surface area contributed by atoms with Gasteiger partial charge < -0.3 is 15.4 Å². The van der Waals surface area contributed by atoms with Gasteiger partial charge in [0.05, 0.1) is 21.5 Å². The van der Waals surface area contributed by atoms with E-state index in [2.05, 4.69) is 25.5 Å². The van der Waals surface area contributed by atoms with Crippen molar-refractivity contribution in [1.82, 2.24) is 20.2 Å². The number of benzene rings is 2. The molecule has 8 nitrogen and oxygen atoms in total. The van der Waals surface area contributed by atoms with Crippen LogP contribution in [0.4, 0.5) is 5.69 Å². The van der Waals surface area contributed by atoms with E-state index in [4.69, 9.17) is 16.7 Å². The molecule has 1 atom stereocenters. The highest BCUT2D eigenvalue weighted by Crippen LogP contribution is 2.27. The Morgan fingerprint density at radius 2 is 2.00 bits per heavy atom. The van der Waals surface area contributed by atoms with Crippen LogP contribution in [0.2, 0.25) is 5.02 Å². The average molecular weight is 428 g/mol. The van der Waals surface area contributed by atoms with Gasteiger partial charge in [0, 0.05) is 10.9 Å². The fourth-order valence-electron chi connectivity index (χ4n) is 2.76. The van der Waals surface area contributed by atoms with Gasteiger partial charge in [-0.1, -0.05) is 41.6 Å². The van der Waals surface area contributed by atoms with Crippen LogP contribution in [0.15, 0.2) is 47.6 Å². The van der Waals surface area contributed by atoms with Crippen LogP contribution in [0.1, 0.15) is 17.3 Å². The van der Waals surface area contributed by atoms with Crippen LogP contribution < -0.4 is 5.32 Å². The standard InChI is InChI=1S/C19H14ClN5O3S/c1-9(17(26)22-14-8-10(18(27)28)6-7-12(14)20)29-19-23-16-15(24-25-19)11-4-2-3-5-13(11)21-16/h2-9H,1H3,(H,22,26)(H,27,28)(H,21,23,25). The summed E-state index contributed by atoms with van der Waals surface area (Å²) in [6.07, 6.45) is 0. The first-order chi connectivity index (χ1) is 13.9. The van der Waals surface area contributed by atoms with Gasteiger partial charge in [-0.25, -0.2) is 9.78 Å². The predicted octanol–water partition coefficient (Wildman–Crippen LogP) is 3.98. The number of aromatic amines is 1. The van der Waals surface area contributed by atoms with Gasteiger partial charge in [0.25, 0.3) is 0 Å². The molecule has 0 bridgehead atoms. The minimum absolute atomic E-state index is 0.0294. The summed E-state index contributed by atoms with van der Waals surface area (Å²) < 4.78 is 0. The Balaban J connectivity index is 1.52. The van der Waals surface area contributed by atoms with Crippen molar-refractivity contribution in [3.05, 3.63) is 53.1 Å². The number of H-pyrrole nitrogens is 1. The molecule has 0 aliphatic carbocycles. The van der Waals surface area contributed by atoms with Crippen molar-refractivity contribution in [3.8, 4) is 0 Å². The zero-order valence-corrected chi connectivity index (χ0v) is 16.6. The maximum Gasteiger partial charge on any atom is 0.335 e. The van der Waals surface area contributed by atoms with E-state index in [9.17, 15) is 9.59 Å². The first-order valence-electron chi connectivity index (χ1n) is 8.54. The molecular weight excluding hydrogens is 414 g/mol. The smallest absolute Gasteiger partial charge is 0.335 e. The Hall–Kier alpha value is -3.17. The summed E-state index contributed by atoms with van der Waals surface area (Å²) in [5.74, 6) is -1.47. The number of aromatic carboxylic acids is 1. The third-order valence-corrected chi connectivity index (χ3v) is 5.51. The third-order valence-electron chi connectivity index (χ3n) is 4.23. The Labute approximate surface area is 173 Å². The quantitative estimate of drug-likeness (QED) is 0.412. The van der Waals surface area contributed by atoms with Crippen molar-refractivity contribution in [2.24, 2.45) is 0 Å². The first kappa shape index (κ1) is 19.2. The van der Waals surface area contributed by atoms with Gasteiger partial charge >= 0.3 is 5.97 Å². The number of carboxylic acids is 1. The lowest BCUT2D eigenvalue weighted by Gasteiger charge is -2.12. The van der Waals surface area contributed by atoms with Crippen molar-refractivity contribution in [1.29, 1.82) is 0 Å². The number of nitrogens with one attached hydrogen (secondary N) is 2. The summed E-state index contributed by atoms with van der Waals surface area (Å²) >= 11 is 7.20. The first-order valence-corrected chi connectivity index (χ1v) is 9.79. The van der Waals surface area contributed by atoms with E-state index in [1.807, 2.05) is 24.3 Å². The van der Waals surface area contributed by atoms with E-state index >= 15 is 0 Å². The van der Waals surface area contributed by atoms with Crippen molar-refractivity contribution < 1.29 is 14.7 Å². The number of rotatable bonds is 5. The van der Waals surface area contributed by atoms with E-state index < -0.39 is 11.2 Å². The molecule has 0 aliphatic rings. The summed E-state index contributed by atoms with van der Waals surface area (Å²) in [5.41, 5.74) is 2.42. The summed E-state index contributed by atoms with van der Waals surface area (Å²) in [6, 6.07) is 11.8. The molecule has 1 unspecified atom stereocenters. The number of carbonyl (C=O) groups excluding carboxylic acids is 1. The lowest BCUT2D eigenvalue weighted by Crippen LogP contribution is -2.23. The number of hydrogen-bond acceptors (Lipinski definition) is 6. The average Bonchev–Trinajstić information content (AvgIpc) is 3.07. The molecule has 4 aromatic rings.